The molecule has 0 fully saturated rings. The van der Waals surface area contributed by atoms with E-state index in [0.717, 1.165) is 12.3 Å². The van der Waals surface area contributed by atoms with Gasteiger partial charge in [0.25, 0.3) is 5.91 Å². The van der Waals surface area contributed by atoms with Crippen molar-refractivity contribution < 1.29 is 10.6 Å². The number of hydrogen-bond donors (Lipinski definition) is 1. The lowest BCUT2D eigenvalue weighted by Gasteiger charge is -2.17. The zero-order chi connectivity index (χ0) is 15.4. The Morgan fingerprint density at radius 1 is 1.43 bits per heavy atom. The van der Waals surface area contributed by atoms with Crippen LogP contribution in [0.15, 0.2) is 55.9 Å². The second-order valence-electron chi connectivity index (χ2n) is 4.07. The molecule has 0 saturated heterocycles. The minimum Gasteiger partial charge on any atom is -0.368 e. The van der Waals surface area contributed by atoms with Gasteiger partial charge in [-0.15, -0.1) is 0 Å². The van der Waals surface area contributed by atoms with Crippen LogP contribution in [-0.2, 0) is 4.79 Å². The third-order valence-electron chi connectivity index (χ3n) is 2.76. The van der Waals surface area contributed by atoms with E-state index in [1.165, 1.54) is 11.1 Å². The van der Waals surface area contributed by atoms with Crippen LogP contribution < -0.4 is 10.6 Å². The molecule has 0 atom stereocenters. The van der Waals surface area contributed by atoms with E-state index in [0.29, 0.717) is 11.3 Å². The summed E-state index contributed by atoms with van der Waals surface area (Å²) in [7, 11) is 0. The van der Waals surface area contributed by atoms with Gasteiger partial charge in [0.15, 0.2) is 5.82 Å². The Morgan fingerprint density at radius 2 is 2.19 bits per heavy atom. The average Bonchev–Trinajstić information content (AvgIpc) is 2.50. The Bertz CT molecular complexity index is 720. The highest BCUT2D eigenvalue weighted by molar-refractivity contribution is 6.02. The lowest BCUT2D eigenvalue weighted by Crippen LogP contribution is -2.22. The van der Waals surface area contributed by atoms with Crippen molar-refractivity contribution in [2.24, 2.45) is 0 Å². The van der Waals surface area contributed by atoms with Gasteiger partial charge in [-0.05, 0) is 18.2 Å². The van der Waals surface area contributed by atoms with Gasteiger partial charge in [-0.1, -0.05) is 25.3 Å². The molecule has 6 heteroatoms. The standard InChI is InChI=1S/C15H13FN4O.H2/c1-3-13(21)20(4-2)11-7-5-6-10(8-11)14-12(16)9-18-15(17)19-14;/h3-9H,1-2H2,(H2,17,18,19);1H. The first-order valence-electron chi connectivity index (χ1n) is 6.03. The zero-order valence-corrected chi connectivity index (χ0v) is 11.2. The van der Waals surface area contributed by atoms with E-state index in [9.17, 15) is 9.18 Å². The highest BCUT2D eigenvalue weighted by Crippen LogP contribution is 2.26. The second kappa shape index (κ2) is 5.96. The fourth-order valence-electron chi connectivity index (χ4n) is 1.81. The lowest BCUT2D eigenvalue weighted by atomic mass is 10.1. The fraction of sp³-hybridized carbons (Fsp3) is 0. The summed E-state index contributed by atoms with van der Waals surface area (Å²) in [4.78, 5) is 20.5. The number of nitrogens with zero attached hydrogens (tertiary/aromatic N) is 3. The van der Waals surface area contributed by atoms with Crippen molar-refractivity contribution >= 4 is 17.5 Å². The fourth-order valence-corrected chi connectivity index (χ4v) is 1.81. The highest BCUT2D eigenvalue weighted by Gasteiger charge is 2.13. The SMILES string of the molecule is C=CC(=O)N(C=C)c1cccc(-c2nc(N)ncc2F)c1.[HH]. The molecule has 0 radical (unpaired) electrons. The summed E-state index contributed by atoms with van der Waals surface area (Å²) in [5.41, 5.74) is 6.54. The summed E-state index contributed by atoms with van der Waals surface area (Å²) in [5, 5.41) is 0. The molecule has 2 aromatic rings. The number of anilines is 2. The van der Waals surface area contributed by atoms with E-state index in [1.807, 2.05) is 0 Å². The first kappa shape index (κ1) is 14.4. The molecule has 0 spiro atoms. The van der Waals surface area contributed by atoms with Crippen LogP contribution in [0.2, 0.25) is 0 Å². The normalized spacial score (nSPS) is 9.95. The van der Waals surface area contributed by atoms with Gasteiger partial charge in [-0.25, -0.2) is 14.4 Å². The third-order valence-corrected chi connectivity index (χ3v) is 2.76. The van der Waals surface area contributed by atoms with Crippen LogP contribution in [0.4, 0.5) is 16.0 Å². The first-order valence-corrected chi connectivity index (χ1v) is 6.03. The summed E-state index contributed by atoms with van der Waals surface area (Å²) >= 11 is 0. The maximum Gasteiger partial charge on any atom is 0.254 e. The smallest absolute Gasteiger partial charge is 0.254 e. The molecule has 0 bridgehead atoms. The van der Waals surface area contributed by atoms with E-state index in [-0.39, 0.29) is 19.0 Å². The number of carbonyl (C=O) groups is 1. The predicted molar refractivity (Wildman–Crippen MR) is 81.8 cm³/mol. The summed E-state index contributed by atoms with van der Waals surface area (Å²) in [6.45, 7) is 7.00. The van der Waals surface area contributed by atoms with Gasteiger partial charge < -0.3 is 5.73 Å². The summed E-state index contributed by atoms with van der Waals surface area (Å²) < 4.78 is 13.8. The van der Waals surface area contributed by atoms with E-state index >= 15 is 0 Å². The van der Waals surface area contributed by atoms with Gasteiger partial charge in [0.1, 0.15) is 5.69 Å². The van der Waals surface area contributed by atoms with Gasteiger partial charge in [-0.2, -0.15) is 0 Å². The minimum atomic E-state index is -0.596. The Balaban J connectivity index is 0.00000242. The average molecular weight is 286 g/mol. The predicted octanol–water partition coefficient (Wildman–Crippen LogP) is 2.77. The highest BCUT2D eigenvalue weighted by atomic mass is 19.1. The van der Waals surface area contributed by atoms with E-state index in [1.54, 1.807) is 24.3 Å². The molecule has 2 N–H and O–H groups in total. The van der Waals surface area contributed by atoms with E-state index in [2.05, 4.69) is 23.1 Å². The minimum absolute atomic E-state index is 0. The van der Waals surface area contributed by atoms with Crippen molar-refractivity contribution in [3.05, 3.63) is 61.7 Å². The number of halogens is 1. The molecule has 5 nitrogen and oxygen atoms in total. The van der Waals surface area contributed by atoms with Crippen molar-refractivity contribution in [1.29, 1.82) is 0 Å². The van der Waals surface area contributed by atoms with Crippen molar-refractivity contribution in [3.8, 4) is 11.3 Å². The number of benzene rings is 1. The number of nitrogens with two attached hydrogens (primary N) is 1. The number of hydrogen-bond acceptors (Lipinski definition) is 4. The van der Waals surface area contributed by atoms with Crippen LogP contribution in [-0.4, -0.2) is 15.9 Å². The van der Waals surface area contributed by atoms with Crippen LogP contribution in [0.1, 0.15) is 1.43 Å². The first-order chi connectivity index (χ1) is 10.1. The van der Waals surface area contributed by atoms with Gasteiger partial charge in [0.05, 0.1) is 6.20 Å². The number of amides is 1. The molecule has 1 aromatic carbocycles. The van der Waals surface area contributed by atoms with Crippen molar-refractivity contribution in [2.75, 3.05) is 10.6 Å². The quantitative estimate of drug-likeness (QED) is 0.877. The molecule has 0 aliphatic carbocycles. The van der Waals surface area contributed by atoms with Crippen molar-refractivity contribution in [3.63, 3.8) is 0 Å². The topological polar surface area (TPSA) is 72.1 Å². The Morgan fingerprint density at radius 3 is 2.86 bits per heavy atom. The molecular formula is C15H15FN4O. The molecule has 1 amide bonds. The maximum atomic E-state index is 13.8. The second-order valence-corrected chi connectivity index (χ2v) is 4.07. The molecule has 0 unspecified atom stereocenters. The maximum absolute atomic E-state index is 13.8. The van der Waals surface area contributed by atoms with Gasteiger partial charge in [0.2, 0.25) is 5.95 Å². The summed E-state index contributed by atoms with van der Waals surface area (Å²) in [5.74, 6) is -0.967. The van der Waals surface area contributed by atoms with Gasteiger partial charge in [-0.3, -0.25) is 9.69 Å². The molecule has 1 aromatic heterocycles. The molecule has 0 aliphatic heterocycles. The van der Waals surface area contributed by atoms with Crippen LogP contribution in [0.3, 0.4) is 0 Å². The van der Waals surface area contributed by atoms with Crippen LogP contribution in [0.5, 0.6) is 0 Å². The molecule has 0 saturated carbocycles. The summed E-state index contributed by atoms with van der Waals surface area (Å²) in [6.07, 6.45) is 3.52. The van der Waals surface area contributed by atoms with E-state index < -0.39 is 5.82 Å². The largest absolute Gasteiger partial charge is 0.368 e. The Kier molecular flexibility index (Phi) is 4.08. The van der Waals surface area contributed by atoms with Crippen molar-refractivity contribution in [2.45, 2.75) is 0 Å². The van der Waals surface area contributed by atoms with Crippen LogP contribution >= 0.6 is 0 Å². The molecule has 0 aliphatic rings. The van der Waals surface area contributed by atoms with Gasteiger partial charge >= 0.3 is 0 Å². The Hall–Kier alpha value is -3.02. The number of aromatic nitrogens is 2. The van der Waals surface area contributed by atoms with Crippen LogP contribution in [0, 0.1) is 5.82 Å². The lowest BCUT2D eigenvalue weighted by molar-refractivity contribution is -0.113. The third kappa shape index (κ3) is 2.94. The molecule has 108 valence electrons. The summed E-state index contributed by atoms with van der Waals surface area (Å²) in [6, 6.07) is 6.63. The van der Waals surface area contributed by atoms with E-state index in [4.69, 9.17) is 5.73 Å². The van der Waals surface area contributed by atoms with Gasteiger partial charge in [0, 0.05) is 18.9 Å². The number of carbonyl (C=O) groups excluding carboxylic acids is 1. The molecule has 1 heterocycles. The molecule has 2 rings (SSSR count). The Labute approximate surface area is 122 Å². The molecule has 21 heavy (non-hydrogen) atoms. The molecular weight excluding hydrogens is 271 g/mol. The van der Waals surface area contributed by atoms with Crippen LogP contribution in [0.25, 0.3) is 11.3 Å². The zero-order valence-electron chi connectivity index (χ0n) is 11.2. The number of nitrogen functional groups attached to an aromatic ring is 1. The number of rotatable bonds is 4. The monoisotopic (exact) mass is 286 g/mol. The van der Waals surface area contributed by atoms with Crippen molar-refractivity contribution in [1.82, 2.24) is 9.97 Å².